The molecule has 1 aliphatic carbocycles. The number of benzene rings is 1. The van der Waals surface area contributed by atoms with Gasteiger partial charge in [0.2, 0.25) is 5.91 Å². The van der Waals surface area contributed by atoms with E-state index in [2.05, 4.69) is 41.8 Å². The highest BCUT2D eigenvalue weighted by molar-refractivity contribution is 5.82. The lowest BCUT2D eigenvalue weighted by atomic mass is 9.75. The average molecular weight is 258 g/mol. The van der Waals surface area contributed by atoms with Crippen molar-refractivity contribution < 1.29 is 4.79 Å². The molecule has 1 saturated heterocycles. The molecule has 1 saturated carbocycles. The normalized spacial score (nSPS) is 30.6. The zero-order valence-electron chi connectivity index (χ0n) is 11.5. The summed E-state index contributed by atoms with van der Waals surface area (Å²) in [4.78, 5) is 11.7. The van der Waals surface area contributed by atoms with Crippen LogP contribution in [-0.2, 0) is 4.79 Å². The molecule has 0 radical (unpaired) electrons. The van der Waals surface area contributed by atoms with Gasteiger partial charge in [-0.2, -0.15) is 0 Å². The van der Waals surface area contributed by atoms with Crippen molar-refractivity contribution in [2.45, 2.75) is 50.6 Å². The van der Waals surface area contributed by atoms with E-state index in [9.17, 15) is 4.79 Å². The van der Waals surface area contributed by atoms with Crippen molar-refractivity contribution in [1.82, 2.24) is 10.6 Å². The summed E-state index contributed by atoms with van der Waals surface area (Å²) in [5.74, 6) is 0.856. The molecule has 3 rings (SSSR count). The maximum Gasteiger partial charge on any atom is 0.237 e. The summed E-state index contributed by atoms with van der Waals surface area (Å²) < 4.78 is 0. The Hall–Kier alpha value is -1.35. The van der Waals surface area contributed by atoms with Crippen LogP contribution in [0.15, 0.2) is 24.3 Å². The molecule has 19 heavy (non-hydrogen) atoms. The van der Waals surface area contributed by atoms with Crippen molar-refractivity contribution in [3.05, 3.63) is 35.4 Å². The Kier molecular flexibility index (Phi) is 3.56. The van der Waals surface area contributed by atoms with E-state index in [1.807, 2.05) is 0 Å². The van der Waals surface area contributed by atoms with Crippen LogP contribution in [0, 0.1) is 6.92 Å². The van der Waals surface area contributed by atoms with Gasteiger partial charge in [0.25, 0.3) is 0 Å². The number of carbonyl (C=O) groups is 1. The van der Waals surface area contributed by atoms with Gasteiger partial charge in [-0.25, -0.2) is 0 Å². The first-order valence-electron chi connectivity index (χ1n) is 7.32. The smallest absolute Gasteiger partial charge is 0.237 e. The van der Waals surface area contributed by atoms with Gasteiger partial charge in [-0.3, -0.25) is 4.79 Å². The summed E-state index contributed by atoms with van der Waals surface area (Å²) in [7, 11) is 0. The fourth-order valence-corrected chi connectivity index (χ4v) is 3.08. The van der Waals surface area contributed by atoms with E-state index in [0.29, 0.717) is 12.0 Å². The predicted molar refractivity (Wildman–Crippen MR) is 76.1 cm³/mol. The number of hydrogen-bond acceptors (Lipinski definition) is 2. The van der Waals surface area contributed by atoms with Crippen molar-refractivity contribution >= 4 is 5.91 Å². The highest BCUT2D eigenvalue weighted by atomic mass is 16.2. The second kappa shape index (κ2) is 5.33. The molecule has 2 fully saturated rings. The summed E-state index contributed by atoms with van der Waals surface area (Å²) in [6.07, 6.45) is 4.40. The number of aryl methyl sites for hydroxylation is 1. The summed E-state index contributed by atoms with van der Waals surface area (Å²) >= 11 is 0. The molecule has 1 atom stereocenters. The van der Waals surface area contributed by atoms with Crippen molar-refractivity contribution in [2.75, 3.05) is 6.54 Å². The highest BCUT2D eigenvalue weighted by Gasteiger charge is 2.33. The zero-order valence-corrected chi connectivity index (χ0v) is 11.5. The van der Waals surface area contributed by atoms with Gasteiger partial charge in [-0.05, 0) is 44.1 Å². The van der Waals surface area contributed by atoms with Crippen LogP contribution < -0.4 is 10.6 Å². The van der Waals surface area contributed by atoms with E-state index < -0.39 is 0 Å². The van der Waals surface area contributed by atoms with Crippen LogP contribution in [0.2, 0.25) is 0 Å². The fourth-order valence-electron chi connectivity index (χ4n) is 3.08. The number of amides is 1. The molecule has 1 heterocycles. The molecule has 0 aromatic heterocycles. The maximum atomic E-state index is 11.7. The Morgan fingerprint density at radius 2 is 1.95 bits per heavy atom. The zero-order chi connectivity index (χ0) is 13.2. The van der Waals surface area contributed by atoms with E-state index in [0.717, 1.165) is 32.2 Å². The van der Waals surface area contributed by atoms with Crippen molar-refractivity contribution in [3.63, 3.8) is 0 Å². The highest BCUT2D eigenvalue weighted by Crippen LogP contribution is 2.37. The third-order valence-corrected chi connectivity index (χ3v) is 4.41. The third kappa shape index (κ3) is 2.81. The van der Waals surface area contributed by atoms with Gasteiger partial charge in [0.1, 0.15) is 0 Å². The fraction of sp³-hybridized carbons (Fsp3) is 0.562. The van der Waals surface area contributed by atoms with Crippen LogP contribution in [-0.4, -0.2) is 24.5 Å². The Labute approximate surface area is 114 Å². The molecular weight excluding hydrogens is 236 g/mol. The van der Waals surface area contributed by atoms with Crippen LogP contribution in [0.4, 0.5) is 0 Å². The maximum absolute atomic E-state index is 11.7. The monoisotopic (exact) mass is 258 g/mol. The van der Waals surface area contributed by atoms with Crippen LogP contribution >= 0.6 is 0 Å². The molecule has 102 valence electrons. The van der Waals surface area contributed by atoms with Gasteiger partial charge in [0.15, 0.2) is 0 Å². The van der Waals surface area contributed by atoms with Gasteiger partial charge >= 0.3 is 0 Å². The van der Waals surface area contributed by atoms with E-state index in [4.69, 9.17) is 0 Å². The number of carbonyl (C=O) groups excluding carboxylic acids is 1. The molecule has 1 unspecified atom stereocenters. The molecular formula is C16H22N2O. The number of rotatable bonds is 3. The van der Waals surface area contributed by atoms with Crippen molar-refractivity contribution in [2.24, 2.45) is 0 Å². The second-order valence-corrected chi connectivity index (χ2v) is 5.93. The van der Waals surface area contributed by atoms with E-state index in [-0.39, 0.29) is 11.9 Å². The lowest BCUT2D eigenvalue weighted by molar-refractivity contribution is -0.124. The van der Waals surface area contributed by atoms with Gasteiger partial charge in [-0.1, -0.05) is 29.8 Å². The minimum atomic E-state index is 0.0396. The summed E-state index contributed by atoms with van der Waals surface area (Å²) in [5.41, 5.74) is 2.76. The molecule has 0 bridgehead atoms. The van der Waals surface area contributed by atoms with Crippen LogP contribution in [0.3, 0.4) is 0 Å². The van der Waals surface area contributed by atoms with Crippen molar-refractivity contribution in [3.8, 4) is 0 Å². The predicted octanol–water partition coefficient (Wildman–Crippen LogP) is 2.11. The summed E-state index contributed by atoms with van der Waals surface area (Å²) in [6, 6.07) is 9.40. The van der Waals surface area contributed by atoms with Gasteiger partial charge in [0.05, 0.1) is 6.04 Å². The van der Waals surface area contributed by atoms with E-state index >= 15 is 0 Å². The molecule has 0 spiro atoms. The molecule has 2 N–H and O–H groups in total. The minimum absolute atomic E-state index is 0.0396. The SMILES string of the molecule is Cc1ccc(C2CC(NC3CCCNC3=O)C2)cc1. The molecule has 1 aromatic rings. The molecule has 2 aliphatic rings. The van der Waals surface area contributed by atoms with Gasteiger partial charge < -0.3 is 10.6 Å². The van der Waals surface area contributed by atoms with Crippen molar-refractivity contribution in [1.29, 1.82) is 0 Å². The average Bonchev–Trinajstić information content (AvgIpc) is 2.37. The van der Waals surface area contributed by atoms with E-state index in [1.165, 1.54) is 11.1 Å². The number of hydrogen-bond donors (Lipinski definition) is 2. The Morgan fingerprint density at radius 3 is 2.63 bits per heavy atom. The summed E-state index contributed by atoms with van der Waals surface area (Å²) in [5, 5.41) is 6.44. The molecule has 1 amide bonds. The Balaban J connectivity index is 1.50. The second-order valence-electron chi connectivity index (χ2n) is 5.93. The first kappa shape index (κ1) is 12.7. The molecule has 1 aliphatic heterocycles. The number of nitrogens with one attached hydrogen (secondary N) is 2. The first-order chi connectivity index (χ1) is 9.22. The van der Waals surface area contributed by atoms with Gasteiger partial charge in [-0.15, -0.1) is 0 Å². The Morgan fingerprint density at radius 1 is 1.21 bits per heavy atom. The minimum Gasteiger partial charge on any atom is -0.355 e. The molecule has 1 aromatic carbocycles. The van der Waals surface area contributed by atoms with Crippen LogP contribution in [0.25, 0.3) is 0 Å². The lowest BCUT2D eigenvalue weighted by Crippen LogP contribution is -2.54. The molecule has 3 nitrogen and oxygen atoms in total. The van der Waals surface area contributed by atoms with Crippen LogP contribution in [0.5, 0.6) is 0 Å². The number of piperidine rings is 1. The van der Waals surface area contributed by atoms with E-state index in [1.54, 1.807) is 0 Å². The van der Waals surface area contributed by atoms with Gasteiger partial charge in [0, 0.05) is 12.6 Å². The first-order valence-corrected chi connectivity index (χ1v) is 7.32. The standard InChI is InChI=1S/C16H22N2O/c1-11-4-6-12(7-5-11)13-9-14(10-13)18-15-3-2-8-17-16(15)19/h4-7,13-15,18H,2-3,8-10H2,1H3,(H,17,19). The molecule has 3 heteroatoms. The van der Waals surface area contributed by atoms with Crippen LogP contribution in [0.1, 0.15) is 42.7 Å². The quantitative estimate of drug-likeness (QED) is 0.872. The topological polar surface area (TPSA) is 41.1 Å². The summed E-state index contributed by atoms with van der Waals surface area (Å²) in [6.45, 7) is 2.96. The lowest BCUT2D eigenvalue weighted by Gasteiger charge is -2.39. The largest absolute Gasteiger partial charge is 0.355 e. The third-order valence-electron chi connectivity index (χ3n) is 4.41. The Bertz CT molecular complexity index is 448.